The Bertz CT molecular complexity index is 1470. The van der Waals surface area contributed by atoms with Gasteiger partial charge in [-0.05, 0) is 42.2 Å². The zero-order valence-electron chi connectivity index (χ0n) is 23.8. The van der Waals surface area contributed by atoms with Gasteiger partial charge in [0.2, 0.25) is 23.6 Å². The Labute approximate surface area is 239 Å². The Kier molecular flexibility index (Phi) is 9.93. The van der Waals surface area contributed by atoms with Crippen LogP contribution >= 0.6 is 0 Å². The van der Waals surface area contributed by atoms with Crippen LogP contribution < -0.4 is 15.6 Å². The van der Waals surface area contributed by atoms with Crippen molar-refractivity contribution in [2.75, 3.05) is 19.1 Å². The van der Waals surface area contributed by atoms with Gasteiger partial charge >= 0.3 is 0 Å². The first-order valence-corrected chi connectivity index (χ1v) is 13.1. The minimum Gasteiger partial charge on any atom is -0.493 e. The molecule has 2 amide bonds. The van der Waals surface area contributed by atoms with E-state index in [2.05, 4.69) is 10.6 Å². The largest absolute Gasteiger partial charge is 0.493 e. The normalized spacial score (nSPS) is 12.5. The molecule has 214 valence electrons. The number of nitriles is 1. The number of aromatic nitrogens is 1. The van der Waals surface area contributed by atoms with Gasteiger partial charge in [-0.25, -0.2) is 0 Å². The molecule has 0 aliphatic rings. The van der Waals surface area contributed by atoms with Gasteiger partial charge in [0, 0.05) is 25.7 Å². The number of benzene rings is 2. The molecular weight excluding hydrogens is 522 g/mol. The maximum atomic E-state index is 13.5. The monoisotopic (exact) mass is 557 g/mol. The number of aromatic hydroxyl groups is 2. The molecule has 10 nitrogen and oxygen atoms in total. The van der Waals surface area contributed by atoms with Crippen LogP contribution in [0.2, 0.25) is 0 Å². The number of nitrogens with zero attached hydrogens (tertiary/aromatic N) is 3. The zero-order valence-corrected chi connectivity index (χ0v) is 23.8. The second kappa shape index (κ2) is 13.3. The van der Waals surface area contributed by atoms with E-state index in [4.69, 9.17) is 5.26 Å². The smallest absolute Gasteiger partial charge is 0.244 e. The number of carbonyl (C=O) groups is 3. The highest BCUT2D eigenvalue weighted by molar-refractivity contribution is 6.05. The lowest BCUT2D eigenvalue weighted by molar-refractivity contribution is -0.123. The second-order valence-corrected chi connectivity index (χ2v) is 10.2. The van der Waals surface area contributed by atoms with Crippen LogP contribution in [0.4, 0.5) is 0 Å². The first-order chi connectivity index (χ1) is 19.4. The quantitative estimate of drug-likeness (QED) is 0.208. The molecule has 10 heteroatoms. The number of hydrogen-bond donors (Lipinski definition) is 4. The average molecular weight is 558 g/mol. The number of nitrogens with one attached hydrogen (secondary N) is 2. The molecule has 0 fully saturated rings. The Hall–Kier alpha value is -5.04. The summed E-state index contributed by atoms with van der Waals surface area (Å²) < 4.78 is 1.11. The number of rotatable bonds is 11. The fourth-order valence-electron chi connectivity index (χ4n) is 4.42. The molecule has 0 saturated carbocycles. The summed E-state index contributed by atoms with van der Waals surface area (Å²) in [5, 5.41) is 37.2. The van der Waals surface area contributed by atoms with Gasteiger partial charge in [0.25, 0.3) is 0 Å². The average Bonchev–Trinajstić information content (AvgIpc) is 3.17. The Morgan fingerprint density at radius 3 is 2.17 bits per heavy atom. The van der Waals surface area contributed by atoms with Crippen LogP contribution in [-0.2, 0) is 9.59 Å². The van der Waals surface area contributed by atoms with Crippen LogP contribution in [0, 0.1) is 24.2 Å². The number of ketones is 1. The second-order valence-electron chi connectivity index (χ2n) is 10.2. The summed E-state index contributed by atoms with van der Waals surface area (Å²) in [6.45, 7) is 5.05. The third-order valence-electron chi connectivity index (χ3n) is 6.62. The van der Waals surface area contributed by atoms with Crippen molar-refractivity contribution in [3.63, 3.8) is 0 Å². The highest BCUT2D eigenvalue weighted by Crippen LogP contribution is 2.34. The standard InChI is InChI=1S/C31H35N5O5/c1-19(2)28(29(39)27-20(3)30(40)36(31(27)41)35(4)5)34-26(38)17-24(23-9-7-6-8-10-23)33-25(37)16-15-21-11-13-22(18-32)14-12-21/h6-16,19,24,28,40-41H,17H2,1-5H3,(H,33,37)(H,34,38)/t24-,28-/m0/s1. The van der Waals surface area contributed by atoms with Crippen molar-refractivity contribution < 1.29 is 24.6 Å². The van der Waals surface area contributed by atoms with Crippen LogP contribution in [0.5, 0.6) is 11.8 Å². The Morgan fingerprint density at radius 1 is 1.00 bits per heavy atom. The minimum atomic E-state index is -0.993. The van der Waals surface area contributed by atoms with E-state index in [1.807, 2.05) is 12.1 Å². The van der Waals surface area contributed by atoms with Gasteiger partial charge in [-0.3, -0.25) is 14.4 Å². The minimum absolute atomic E-state index is 0.0731. The maximum absolute atomic E-state index is 13.5. The maximum Gasteiger partial charge on any atom is 0.244 e. The summed E-state index contributed by atoms with van der Waals surface area (Å²) in [6.07, 6.45) is 2.81. The summed E-state index contributed by atoms with van der Waals surface area (Å²) in [5.41, 5.74) is 2.08. The third-order valence-corrected chi connectivity index (χ3v) is 6.62. The lowest BCUT2D eigenvalue weighted by Crippen LogP contribution is -2.45. The first kappa shape index (κ1) is 30.5. The fraction of sp³-hybridized carbons (Fsp3) is 0.290. The van der Waals surface area contributed by atoms with Gasteiger partial charge in [0.15, 0.2) is 5.78 Å². The third kappa shape index (κ3) is 7.33. The van der Waals surface area contributed by atoms with Crippen molar-refractivity contribution in [3.05, 3.63) is 88.5 Å². The van der Waals surface area contributed by atoms with Gasteiger partial charge < -0.3 is 25.9 Å². The van der Waals surface area contributed by atoms with Gasteiger partial charge in [-0.1, -0.05) is 56.3 Å². The van der Waals surface area contributed by atoms with E-state index in [9.17, 15) is 24.6 Å². The van der Waals surface area contributed by atoms with Gasteiger partial charge in [0.05, 0.1) is 35.7 Å². The summed E-state index contributed by atoms with van der Waals surface area (Å²) in [6, 6.07) is 16.1. The van der Waals surface area contributed by atoms with E-state index < -0.39 is 35.6 Å². The van der Waals surface area contributed by atoms with Gasteiger partial charge in [-0.15, -0.1) is 0 Å². The summed E-state index contributed by atoms with van der Waals surface area (Å²) in [5.74, 6) is -2.46. The molecule has 0 aliphatic heterocycles. The molecule has 0 unspecified atom stereocenters. The van der Waals surface area contributed by atoms with Crippen molar-refractivity contribution in [1.82, 2.24) is 15.3 Å². The first-order valence-electron chi connectivity index (χ1n) is 13.1. The predicted molar refractivity (Wildman–Crippen MR) is 156 cm³/mol. The van der Waals surface area contributed by atoms with Crippen molar-refractivity contribution in [3.8, 4) is 17.8 Å². The topological polar surface area (TPSA) is 148 Å². The summed E-state index contributed by atoms with van der Waals surface area (Å²) in [4.78, 5) is 39.6. The molecule has 0 saturated heterocycles. The number of carbonyl (C=O) groups excluding carboxylic acids is 3. The number of Topliss-reactive ketones (excluding diaryl/α,β-unsaturated/α-hetero) is 1. The van der Waals surface area contributed by atoms with E-state index in [0.29, 0.717) is 11.1 Å². The van der Waals surface area contributed by atoms with Crippen LogP contribution in [0.3, 0.4) is 0 Å². The van der Waals surface area contributed by atoms with E-state index >= 15 is 0 Å². The van der Waals surface area contributed by atoms with E-state index in [-0.39, 0.29) is 29.3 Å². The molecule has 3 rings (SSSR count). The van der Waals surface area contributed by atoms with Crippen LogP contribution in [0.25, 0.3) is 6.08 Å². The molecule has 1 heterocycles. The lowest BCUT2D eigenvalue weighted by atomic mass is 9.93. The van der Waals surface area contributed by atoms with Gasteiger partial charge in [0.1, 0.15) is 0 Å². The highest BCUT2D eigenvalue weighted by Gasteiger charge is 2.33. The van der Waals surface area contributed by atoms with Crippen molar-refractivity contribution >= 4 is 23.7 Å². The van der Waals surface area contributed by atoms with E-state index in [1.165, 1.54) is 18.0 Å². The van der Waals surface area contributed by atoms with E-state index in [0.717, 1.165) is 10.2 Å². The van der Waals surface area contributed by atoms with Crippen LogP contribution in [0.1, 0.15) is 58.9 Å². The molecule has 1 aromatic heterocycles. The molecule has 41 heavy (non-hydrogen) atoms. The fourth-order valence-corrected chi connectivity index (χ4v) is 4.42. The molecule has 0 radical (unpaired) electrons. The molecule has 2 aromatic carbocycles. The van der Waals surface area contributed by atoms with Crippen molar-refractivity contribution in [2.45, 2.75) is 39.3 Å². The molecule has 0 aliphatic carbocycles. The van der Waals surface area contributed by atoms with Crippen molar-refractivity contribution in [1.29, 1.82) is 5.26 Å². The predicted octanol–water partition coefficient (Wildman–Crippen LogP) is 3.56. The lowest BCUT2D eigenvalue weighted by Gasteiger charge is -2.24. The zero-order chi connectivity index (χ0) is 30.3. The number of amides is 2. The molecule has 4 N–H and O–H groups in total. The highest BCUT2D eigenvalue weighted by atomic mass is 16.3. The molecule has 3 aromatic rings. The van der Waals surface area contributed by atoms with E-state index in [1.54, 1.807) is 82.5 Å². The summed E-state index contributed by atoms with van der Waals surface area (Å²) >= 11 is 0. The van der Waals surface area contributed by atoms with Crippen molar-refractivity contribution in [2.24, 2.45) is 5.92 Å². The Morgan fingerprint density at radius 2 is 1.63 bits per heavy atom. The number of hydrogen-bond acceptors (Lipinski definition) is 7. The molecule has 2 atom stereocenters. The van der Waals surface area contributed by atoms with Crippen LogP contribution in [-0.4, -0.2) is 52.6 Å². The Balaban J connectivity index is 1.79. The van der Waals surface area contributed by atoms with Gasteiger partial charge in [-0.2, -0.15) is 9.94 Å². The van der Waals surface area contributed by atoms with Crippen LogP contribution in [0.15, 0.2) is 60.7 Å². The summed E-state index contributed by atoms with van der Waals surface area (Å²) in [7, 11) is 3.21. The molecule has 0 bridgehead atoms. The molecule has 0 spiro atoms. The molecular formula is C31H35N5O5. The SMILES string of the molecule is Cc1c(C(=O)[C@@H](NC(=O)C[C@H](NC(=O)C=Cc2ccc(C#N)cc2)c2ccccc2)C(C)C)c(O)n(N(C)C)c1O.